The molecule has 0 heterocycles. The molecule has 76 valence electrons. The molecule has 0 bridgehead atoms. The van der Waals surface area contributed by atoms with E-state index in [0.29, 0.717) is 0 Å². The highest BCUT2D eigenvalue weighted by atomic mass is 35.5. The number of benzene rings is 1. The Morgan fingerprint density at radius 1 is 1.29 bits per heavy atom. The molecule has 0 aliphatic heterocycles. The van der Waals surface area contributed by atoms with E-state index in [9.17, 15) is 0 Å². The molecule has 0 atom stereocenters. The van der Waals surface area contributed by atoms with Crippen LogP contribution in [-0.2, 0) is 0 Å². The summed E-state index contributed by atoms with van der Waals surface area (Å²) in [6, 6.07) is 7.89. The molecular formula is C12H15ClO. The van der Waals surface area contributed by atoms with E-state index in [1.54, 1.807) is 0 Å². The molecule has 1 aromatic carbocycles. The predicted molar refractivity (Wildman–Crippen MR) is 61.7 cm³/mol. The van der Waals surface area contributed by atoms with Gasteiger partial charge in [0.2, 0.25) is 0 Å². The Balaban J connectivity index is 2.46. The first-order valence-corrected chi connectivity index (χ1v) is 5.30. The number of halogens is 1. The lowest BCUT2D eigenvalue weighted by Crippen LogP contribution is -1.95. The Morgan fingerprint density at radius 3 is 2.57 bits per heavy atom. The maximum Gasteiger partial charge on any atom is 0.119 e. The first kappa shape index (κ1) is 11.1. The van der Waals surface area contributed by atoms with Crippen molar-refractivity contribution >= 4 is 17.7 Å². The van der Waals surface area contributed by atoms with Crippen molar-refractivity contribution < 1.29 is 4.74 Å². The monoisotopic (exact) mass is 210 g/mol. The standard InChI is InChI=1S/C12H15ClO/c1-2-3-10-14-12-6-4-11(5-7-12)8-9-13/h4-9H,2-3,10H2,1H3/b9-8+. The molecule has 14 heavy (non-hydrogen) atoms. The third-order valence-corrected chi connectivity index (χ3v) is 2.03. The quantitative estimate of drug-likeness (QED) is 0.666. The zero-order valence-electron chi connectivity index (χ0n) is 8.37. The first-order valence-electron chi connectivity index (χ1n) is 4.86. The van der Waals surface area contributed by atoms with E-state index in [0.717, 1.165) is 30.8 Å². The van der Waals surface area contributed by atoms with Crippen molar-refractivity contribution in [2.45, 2.75) is 19.8 Å². The summed E-state index contributed by atoms with van der Waals surface area (Å²) in [7, 11) is 0. The van der Waals surface area contributed by atoms with Gasteiger partial charge >= 0.3 is 0 Å². The second-order valence-corrected chi connectivity index (χ2v) is 3.32. The summed E-state index contributed by atoms with van der Waals surface area (Å²) >= 11 is 5.47. The number of rotatable bonds is 5. The predicted octanol–water partition coefficient (Wildman–Crippen LogP) is 4.08. The fraction of sp³-hybridized carbons (Fsp3) is 0.333. The first-order chi connectivity index (χ1) is 6.86. The van der Waals surface area contributed by atoms with Gasteiger partial charge in [-0.25, -0.2) is 0 Å². The number of unbranched alkanes of at least 4 members (excludes halogenated alkanes) is 1. The van der Waals surface area contributed by atoms with Crippen LogP contribution in [0.3, 0.4) is 0 Å². The van der Waals surface area contributed by atoms with Crippen molar-refractivity contribution in [2.24, 2.45) is 0 Å². The second kappa shape index (κ2) is 6.50. The molecule has 0 saturated carbocycles. The van der Waals surface area contributed by atoms with Gasteiger partial charge in [0.15, 0.2) is 0 Å². The molecule has 0 aromatic heterocycles. The van der Waals surface area contributed by atoms with E-state index < -0.39 is 0 Å². The molecule has 0 radical (unpaired) electrons. The molecule has 0 unspecified atom stereocenters. The molecule has 1 nitrogen and oxygen atoms in total. The lowest BCUT2D eigenvalue weighted by atomic mass is 10.2. The topological polar surface area (TPSA) is 9.23 Å². The van der Waals surface area contributed by atoms with Crippen molar-refractivity contribution in [3.8, 4) is 5.75 Å². The average molecular weight is 211 g/mol. The van der Waals surface area contributed by atoms with Gasteiger partial charge < -0.3 is 4.74 Å². The highest BCUT2D eigenvalue weighted by molar-refractivity contribution is 6.27. The van der Waals surface area contributed by atoms with Crippen molar-refractivity contribution in [1.82, 2.24) is 0 Å². The lowest BCUT2D eigenvalue weighted by Gasteiger charge is -2.04. The maximum atomic E-state index is 5.52. The van der Waals surface area contributed by atoms with Gasteiger partial charge in [-0.3, -0.25) is 0 Å². The molecule has 1 aromatic rings. The summed E-state index contributed by atoms with van der Waals surface area (Å²) in [5.41, 5.74) is 2.59. The van der Waals surface area contributed by atoms with E-state index in [2.05, 4.69) is 6.92 Å². The minimum atomic E-state index is 0.793. The van der Waals surface area contributed by atoms with Crippen LogP contribution in [0.15, 0.2) is 29.8 Å². The van der Waals surface area contributed by atoms with Gasteiger partial charge in [0.25, 0.3) is 0 Å². The highest BCUT2D eigenvalue weighted by Gasteiger charge is 1.92. The zero-order valence-corrected chi connectivity index (χ0v) is 9.13. The summed E-state index contributed by atoms with van der Waals surface area (Å²) in [6.07, 6.45) is 4.10. The van der Waals surface area contributed by atoms with Gasteiger partial charge in [-0.1, -0.05) is 37.1 Å². The van der Waals surface area contributed by atoms with E-state index in [1.165, 1.54) is 5.54 Å². The van der Waals surface area contributed by atoms with Crippen LogP contribution in [0.2, 0.25) is 0 Å². The van der Waals surface area contributed by atoms with Crippen molar-refractivity contribution in [1.29, 1.82) is 0 Å². The van der Waals surface area contributed by atoms with Crippen LogP contribution >= 0.6 is 11.6 Å². The fourth-order valence-electron chi connectivity index (χ4n) is 1.08. The van der Waals surface area contributed by atoms with Crippen LogP contribution in [0.5, 0.6) is 5.75 Å². The van der Waals surface area contributed by atoms with Gasteiger partial charge in [-0.2, -0.15) is 0 Å². The minimum Gasteiger partial charge on any atom is -0.494 e. The number of hydrogen-bond donors (Lipinski definition) is 0. The van der Waals surface area contributed by atoms with Crippen LogP contribution in [-0.4, -0.2) is 6.61 Å². The summed E-state index contributed by atoms with van der Waals surface area (Å²) in [4.78, 5) is 0. The van der Waals surface area contributed by atoms with Gasteiger partial charge in [-0.05, 0) is 30.2 Å². The van der Waals surface area contributed by atoms with Gasteiger partial charge in [-0.15, -0.1) is 0 Å². The van der Waals surface area contributed by atoms with E-state index >= 15 is 0 Å². The van der Waals surface area contributed by atoms with Crippen LogP contribution in [0.25, 0.3) is 6.08 Å². The van der Waals surface area contributed by atoms with Crippen LogP contribution in [0, 0.1) is 0 Å². The molecule has 0 N–H and O–H groups in total. The molecule has 1 rings (SSSR count). The molecule has 0 amide bonds. The highest BCUT2D eigenvalue weighted by Crippen LogP contribution is 2.13. The Hall–Kier alpha value is -0.950. The largest absolute Gasteiger partial charge is 0.494 e. The average Bonchev–Trinajstić information content (AvgIpc) is 2.21. The smallest absolute Gasteiger partial charge is 0.119 e. The van der Waals surface area contributed by atoms with E-state index in [4.69, 9.17) is 16.3 Å². The summed E-state index contributed by atoms with van der Waals surface area (Å²) in [6.45, 7) is 2.94. The van der Waals surface area contributed by atoms with E-state index in [1.807, 2.05) is 30.3 Å². The molecular weight excluding hydrogens is 196 g/mol. The third-order valence-electron chi connectivity index (χ3n) is 1.90. The van der Waals surface area contributed by atoms with Crippen molar-refractivity contribution in [2.75, 3.05) is 6.61 Å². The van der Waals surface area contributed by atoms with Gasteiger partial charge in [0.05, 0.1) is 6.61 Å². The molecule has 2 heteroatoms. The minimum absolute atomic E-state index is 0.793. The molecule has 0 aliphatic rings. The molecule has 0 saturated heterocycles. The second-order valence-electron chi connectivity index (χ2n) is 3.06. The third kappa shape index (κ3) is 3.84. The Bertz CT molecular complexity index is 277. The van der Waals surface area contributed by atoms with Crippen LogP contribution < -0.4 is 4.74 Å². The van der Waals surface area contributed by atoms with Crippen molar-refractivity contribution in [3.63, 3.8) is 0 Å². The SMILES string of the molecule is CCCCOc1ccc(/C=C/Cl)cc1. The number of ether oxygens (including phenoxy) is 1. The maximum absolute atomic E-state index is 5.52. The normalized spacial score (nSPS) is 10.7. The summed E-state index contributed by atoms with van der Waals surface area (Å²) < 4.78 is 5.52. The fourth-order valence-corrected chi connectivity index (χ4v) is 1.23. The number of hydrogen-bond acceptors (Lipinski definition) is 1. The Labute approximate surface area is 90.3 Å². The van der Waals surface area contributed by atoms with Crippen LogP contribution in [0.4, 0.5) is 0 Å². The zero-order chi connectivity index (χ0) is 10.2. The summed E-state index contributed by atoms with van der Waals surface area (Å²) in [5.74, 6) is 0.921. The van der Waals surface area contributed by atoms with E-state index in [-0.39, 0.29) is 0 Å². The Morgan fingerprint density at radius 2 is 2.00 bits per heavy atom. The van der Waals surface area contributed by atoms with Gasteiger partial charge in [0, 0.05) is 5.54 Å². The lowest BCUT2D eigenvalue weighted by molar-refractivity contribution is 0.309. The molecule has 0 fully saturated rings. The summed E-state index contributed by atoms with van der Waals surface area (Å²) in [5, 5.41) is 0. The Kier molecular flexibility index (Phi) is 5.16. The van der Waals surface area contributed by atoms with Crippen LogP contribution in [0.1, 0.15) is 25.3 Å². The molecule has 0 aliphatic carbocycles. The van der Waals surface area contributed by atoms with Gasteiger partial charge in [0.1, 0.15) is 5.75 Å². The molecule has 0 spiro atoms. The van der Waals surface area contributed by atoms with Crippen molar-refractivity contribution in [3.05, 3.63) is 35.4 Å².